The molecule has 2 N–H and O–H groups in total. The van der Waals surface area contributed by atoms with Gasteiger partial charge in [-0.05, 0) is 33.8 Å². The molecule has 112 valence electrons. The fourth-order valence-electron chi connectivity index (χ4n) is 1.85. The van der Waals surface area contributed by atoms with Gasteiger partial charge in [0.25, 0.3) is 5.91 Å². The monoisotopic (exact) mass is 289 g/mol. The van der Waals surface area contributed by atoms with Crippen molar-refractivity contribution >= 4 is 22.8 Å². The van der Waals surface area contributed by atoms with E-state index >= 15 is 0 Å². The molecule has 0 bridgehead atoms. The van der Waals surface area contributed by atoms with Crippen LogP contribution < -0.4 is 5.32 Å². The van der Waals surface area contributed by atoms with Crippen molar-refractivity contribution in [2.45, 2.75) is 39.3 Å². The molecule has 0 saturated carbocycles. The molecule has 6 nitrogen and oxygen atoms in total. The molecule has 0 aliphatic heterocycles. The number of amides is 1. The van der Waals surface area contributed by atoms with Crippen molar-refractivity contribution < 1.29 is 14.3 Å². The minimum Gasteiger partial charge on any atom is -0.458 e. The molecule has 0 unspecified atom stereocenters. The molecule has 2 rings (SSSR count). The highest BCUT2D eigenvalue weighted by atomic mass is 16.6. The third kappa shape index (κ3) is 3.59. The molecule has 1 atom stereocenters. The van der Waals surface area contributed by atoms with Crippen LogP contribution in [0.2, 0.25) is 0 Å². The van der Waals surface area contributed by atoms with E-state index in [9.17, 15) is 9.59 Å². The number of nitrogens with one attached hydrogen (secondary N) is 2. The van der Waals surface area contributed by atoms with Crippen LogP contribution >= 0.6 is 0 Å². The number of benzene rings is 1. The second kappa shape index (κ2) is 5.55. The number of esters is 1. The Hall–Kier alpha value is -2.37. The number of fused-ring (bicyclic) bond motifs is 1. The average Bonchev–Trinajstić information content (AvgIpc) is 2.80. The number of hydrogen-bond acceptors (Lipinski definition) is 4. The minimum absolute atomic E-state index is 0.265. The molecule has 1 amide bonds. The number of aromatic nitrogens is 2. The predicted molar refractivity (Wildman–Crippen MR) is 78.9 cm³/mol. The maximum atomic E-state index is 12.2. The summed E-state index contributed by atoms with van der Waals surface area (Å²) in [5.41, 5.74) is 0.448. The summed E-state index contributed by atoms with van der Waals surface area (Å²) < 4.78 is 5.22. The number of carbonyl (C=O) groups excluding carboxylic acids is 2. The maximum Gasteiger partial charge on any atom is 0.328 e. The summed E-state index contributed by atoms with van der Waals surface area (Å²) in [5, 5.41) is 10.1. The molecule has 1 aromatic heterocycles. The summed E-state index contributed by atoms with van der Waals surface area (Å²) in [5.74, 6) is -0.887. The van der Waals surface area contributed by atoms with E-state index in [0.717, 1.165) is 5.52 Å². The zero-order chi connectivity index (χ0) is 15.6. The van der Waals surface area contributed by atoms with Crippen molar-refractivity contribution in [1.82, 2.24) is 15.5 Å². The van der Waals surface area contributed by atoms with Gasteiger partial charge in [0.1, 0.15) is 11.6 Å². The lowest BCUT2D eigenvalue weighted by atomic mass is 10.2. The first-order chi connectivity index (χ1) is 9.78. The fourth-order valence-corrected chi connectivity index (χ4v) is 1.85. The lowest BCUT2D eigenvalue weighted by Gasteiger charge is -2.22. The minimum atomic E-state index is -0.743. The fraction of sp³-hybridized carbons (Fsp3) is 0.400. The zero-order valence-electron chi connectivity index (χ0n) is 12.6. The van der Waals surface area contributed by atoms with Crippen LogP contribution in [0.15, 0.2) is 24.3 Å². The Morgan fingerprint density at radius 1 is 1.29 bits per heavy atom. The summed E-state index contributed by atoms with van der Waals surface area (Å²) in [7, 11) is 0. The van der Waals surface area contributed by atoms with Gasteiger partial charge in [-0.2, -0.15) is 5.10 Å². The summed E-state index contributed by atoms with van der Waals surface area (Å²) in [6.45, 7) is 6.92. The van der Waals surface area contributed by atoms with Gasteiger partial charge < -0.3 is 10.1 Å². The van der Waals surface area contributed by atoms with E-state index in [1.807, 2.05) is 18.2 Å². The molecule has 0 saturated heterocycles. The topological polar surface area (TPSA) is 84.1 Å². The smallest absolute Gasteiger partial charge is 0.328 e. The van der Waals surface area contributed by atoms with Gasteiger partial charge in [0.2, 0.25) is 0 Å². The summed E-state index contributed by atoms with van der Waals surface area (Å²) in [6.07, 6.45) is 0. The highest BCUT2D eigenvalue weighted by Crippen LogP contribution is 2.15. The summed E-state index contributed by atoms with van der Waals surface area (Å²) in [6, 6.07) is 6.56. The zero-order valence-corrected chi connectivity index (χ0v) is 12.6. The van der Waals surface area contributed by atoms with E-state index < -0.39 is 23.5 Å². The molecular formula is C15H19N3O3. The van der Waals surface area contributed by atoms with Gasteiger partial charge in [-0.15, -0.1) is 0 Å². The number of nitrogens with zero attached hydrogens (tertiary/aromatic N) is 1. The first-order valence-electron chi connectivity index (χ1n) is 6.75. The number of aromatic amines is 1. The average molecular weight is 289 g/mol. The SMILES string of the molecule is C[C@@H](NC(=O)c1n[nH]c2ccccc12)C(=O)OC(C)(C)C. The first kappa shape index (κ1) is 15.0. The summed E-state index contributed by atoms with van der Waals surface area (Å²) in [4.78, 5) is 24.1. The lowest BCUT2D eigenvalue weighted by molar-refractivity contribution is -0.156. The van der Waals surface area contributed by atoms with Crippen LogP contribution in [0.3, 0.4) is 0 Å². The third-order valence-corrected chi connectivity index (χ3v) is 2.79. The maximum absolute atomic E-state index is 12.2. The van der Waals surface area contributed by atoms with Crippen LogP contribution in [0.4, 0.5) is 0 Å². The molecule has 1 heterocycles. The van der Waals surface area contributed by atoms with Crippen LogP contribution in [-0.2, 0) is 9.53 Å². The third-order valence-electron chi connectivity index (χ3n) is 2.79. The van der Waals surface area contributed by atoms with Crippen LogP contribution in [0.1, 0.15) is 38.2 Å². The van der Waals surface area contributed by atoms with Crippen LogP contribution in [-0.4, -0.2) is 33.7 Å². The van der Waals surface area contributed by atoms with Gasteiger partial charge in [-0.3, -0.25) is 9.89 Å². The van der Waals surface area contributed by atoms with Crippen LogP contribution in [0.25, 0.3) is 10.9 Å². The predicted octanol–water partition coefficient (Wildman–Crippen LogP) is 2.02. The van der Waals surface area contributed by atoms with Gasteiger partial charge >= 0.3 is 5.97 Å². The molecule has 1 aromatic carbocycles. The molecule has 0 radical (unpaired) electrons. The second-order valence-electron chi connectivity index (χ2n) is 5.85. The van der Waals surface area contributed by atoms with Crippen molar-refractivity contribution in [3.63, 3.8) is 0 Å². The van der Waals surface area contributed by atoms with Gasteiger partial charge in [-0.25, -0.2) is 4.79 Å². The molecule has 0 aliphatic rings. The molecule has 21 heavy (non-hydrogen) atoms. The van der Waals surface area contributed by atoms with E-state index in [2.05, 4.69) is 15.5 Å². The number of rotatable bonds is 3. The molecule has 0 fully saturated rings. The highest BCUT2D eigenvalue weighted by Gasteiger charge is 2.24. The largest absolute Gasteiger partial charge is 0.458 e. The Kier molecular flexibility index (Phi) is 3.97. The Morgan fingerprint density at radius 3 is 2.62 bits per heavy atom. The molecule has 6 heteroatoms. The van der Waals surface area contributed by atoms with E-state index in [1.165, 1.54) is 0 Å². The van der Waals surface area contributed by atoms with Crippen LogP contribution in [0.5, 0.6) is 0 Å². The lowest BCUT2D eigenvalue weighted by Crippen LogP contribution is -2.42. The molecule has 2 aromatic rings. The number of hydrogen-bond donors (Lipinski definition) is 2. The Morgan fingerprint density at radius 2 is 1.95 bits per heavy atom. The number of H-pyrrole nitrogens is 1. The van der Waals surface area contributed by atoms with Gasteiger partial charge in [0.15, 0.2) is 5.69 Å². The van der Waals surface area contributed by atoms with Crippen LogP contribution in [0, 0.1) is 0 Å². The van der Waals surface area contributed by atoms with E-state index in [1.54, 1.807) is 33.8 Å². The second-order valence-corrected chi connectivity index (χ2v) is 5.85. The molecule has 0 spiro atoms. The van der Waals surface area contributed by atoms with Gasteiger partial charge in [0.05, 0.1) is 5.52 Å². The van der Waals surface area contributed by atoms with E-state index in [4.69, 9.17) is 4.74 Å². The number of para-hydroxylation sites is 1. The van der Waals surface area contributed by atoms with E-state index in [0.29, 0.717) is 5.39 Å². The number of carbonyl (C=O) groups is 2. The first-order valence-corrected chi connectivity index (χ1v) is 6.75. The van der Waals surface area contributed by atoms with Crippen molar-refractivity contribution in [3.8, 4) is 0 Å². The normalized spacial score (nSPS) is 13.0. The van der Waals surface area contributed by atoms with Gasteiger partial charge in [0, 0.05) is 5.39 Å². The Bertz CT molecular complexity index is 670. The molecule has 0 aliphatic carbocycles. The Labute approximate surface area is 122 Å². The molecular weight excluding hydrogens is 270 g/mol. The van der Waals surface area contributed by atoms with Crippen molar-refractivity contribution in [2.75, 3.05) is 0 Å². The van der Waals surface area contributed by atoms with Crippen molar-refractivity contribution in [3.05, 3.63) is 30.0 Å². The van der Waals surface area contributed by atoms with Crippen molar-refractivity contribution in [1.29, 1.82) is 0 Å². The summed E-state index contributed by atoms with van der Waals surface area (Å²) >= 11 is 0. The Balaban J connectivity index is 2.09. The van der Waals surface area contributed by atoms with Crippen molar-refractivity contribution in [2.24, 2.45) is 0 Å². The highest BCUT2D eigenvalue weighted by molar-refractivity contribution is 6.05. The van der Waals surface area contributed by atoms with E-state index in [-0.39, 0.29) is 5.69 Å². The standard InChI is InChI=1S/C15H19N3O3/c1-9(14(20)21-15(2,3)4)16-13(19)12-10-7-5-6-8-11(10)17-18-12/h5-9H,1-4H3,(H,16,19)(H,17,18)/t9-/m1/s1. The number of ether oxygens (including phenoxy) is 1. The van der Waals surface area contributed by atoms with Gasteiger partial charge in [-0.1, -0.05) is 18.2 Å². The quantitative estimate of drug-likeness (QED) is 0.847.